The Morgan fingerprint density at radius 1 is 1.60 bits per heavy atom. The second-order valence-electron chi connectivity index (χ2n) is 1.53. The van der Waals surface area contributed by atoms with Gasteiger partial charge in [0.15, 0.2) is 0 Å². The molecule has 0 spiro atoms. The summed E-state index contributed by atoms with van der Waals surface area (Å²) in [5.74, 6) is -0.586. The van der Waals surface area contributed by atoms with Crippen LogP contribution >= 0.6 is 0 Å². The van der Waals surface area contributed by atoms with Crippen molar-refractivity contribution in [1.29, 1.82) is 0 Å². The van der Waals surface area contributed by atoms with Crippen molar-refractivity contribution in [3.05, 3.63) is 34.7 Å². The van der Waals surface area contributed by atoms with E-state index in [0.29, 0.717) is 5.69 Å². The van der Waals surface area contributed by atoms with Crippen molar-refractivity contribution >= 4 is 5.69 Å². The SMILES string of the molecule is [N-]=[N+]=Nc1ccc(F)nc1. The van der Waals surface area contributed by atoms with Crippen molar-refractivity contribution in [3.8, 4) is 0 Å². The molecular formula is C5H3FN4. The molecule has 0 atom stereocenters. The predicted octanol–water partition coefficient (Wildman–Crippen LogP) is 2.16. The smallest absolute Gasteiger partial charge is 0.212 e. The minimum absolute atomic E-state index is 0.309. The van der Waals surface area contributed by atoms with Gasteiger partial charge in [-0.25, -0.2) is 4.98 Å². The van der Waals surface area contributed by atoms with E-state index in [2.05, 4.69) is 15.0 Å². The van der Waals surface area contributed by atoms with Gasteiger partial charge in [0.2, 0.25) is 5.95 Å². The highest BCUT2D eigenvalue weighted by atomic mass is 19.1. The van der Waals surface area contributed by atoms with E-state index in [0.717, 1.165) is 12.3 Å². The van der Waals surface area contributed by atoms with Gasteiger partial charge in [0.25, 0.3) is 0 Å². The van der Waals surface area contributed by atoms with Gasteiger partial charge in [0.05, 0.1) is 5.69 Å². The van der Waals surface area contributed by atoms with E-state index in [9.17, 15) is 4.39 Å². The molecular weight excluding hydrogens is 135 g/mol. The van der Waals surface area contributed by atoms with Crippen molar-refractivity contribution in [2.24, 2.45) is 5.11 Å². The van der Waals surface area contributed by atoms with E-state index in [1.54, 1.807) is 0 Å². The first-order valence-corrected chi connectivity index (χ1v) is 2.49. The van der Waals surface area contributed by atoms with Crippen molar-refractivity contribution in [1.82, 2.24) is 4.98 Å². The maximum atomic E-state index is 12.1. The average Bonchev–Trinajstić information content (AvgIpc) is 1.95. The van der Waals surface area contributed by atoms with Crippen molar-refractivity contribution in [2.45, 2.75) is 0 Å². The zero-order chi connectivity index (χ0) is 7.40. The molecule has 1 heterocycles. The van der Waals surface area contributed by atoms with E-state index < -0.39 is 5.95 Å². The third-order valence-electron chi connectivity index (χ3n) is 0.872. The molecule has 0 saturated carbocycles. The molecule has 0 aliphatic heterocycles. The van der Waals surface area contributed by atoms with Crippen LogP contribution in [-0.4, -0.2) is 4.98 Å². The van der Waals surface area contributed by atoms with E-state index >= 15 is 0 Å². The fourth-order valence-electron chi connectivity index (χ4n) is 0.479. The van der Waals surface area contributed by atoms with Gasteiger partial charge in [0, 0.05) is 11.1 Å². The van der Waals surface area contributed by atoms with Crippen LogP contribution in [0.4, 0.5) is 10.1 Å². The molecule has 0 N–H and O–H groups in total. The lowest BCUT2D eigenvalue weighted by Crippen LogP contribution is -1.76. The van der Waals surface area contributed by atoms with Crippen LogP contribution in [-0.2, 0) is 0 Å². The maximum Gasteiger partial charge on any atom is 0.212 e. The molecule has 0 radical (unpaired) electrons. The van der Waals surface area contributed by atoms with Crippen LogP contribution in [0.5, 0.6) is 0 Å². The molecule has 0 aliphatic carbocycles. The Kier molecular flexibility index (Phi) is 1.82. The predicted molar refractivity (Wildman–Crippen MR) is 33.0 cm³/mol. The Morgan fingerprint density at radius 3 is 2.90 bits per heavy atom. The van der Waals surface area contributed by atoms with Crippen LogP contribution in [0.15, 0.2) is 23.4 Å². The van der Waals surface area contributed by atoms with Gasteiger partial charge >= 0.3 is 0 Å². The molecule has 1 rings (SSSR count). The Morgan fingerprint density at radius 2 is 2.40 bits per heavy atom. The number of nitrogens with zero attached hydrogens (tertiary/aromatic N) is 4. The Hall–Kier alpha value is -1.61. The molecule has 0 unspecified atom stereocenters. The van der Waals surface area contributed by atoms with Gasteiger partial charge in [-0.1, -0.05) is 5.11 Å². The molecule has 5 heteroatoms. The summed E-state index contributed by atoms with van der Waals surface area (Å²) in [5.41, 5.74) is 8.23. The zero-order valence-electron chi connectivity index (χ0n) is 4.90. The number of hydrogen-bond donors (Lipinski definition) is 0. The molecule has 1 aromatic heterocycles. The lowest BCUT2D eigenvalue weighted by Gasteiger charge is -1.86. The summed E-state index contributed by atoms with van der Waals surface area (Å²) in [6, 6.07) is 2.48. The molecule has 4 nitrogen and oxygen atoms in total. The van der Waals surface area contributed by atoms with E-state index in [1.807, 2.05) is 0 Å². The van der Waals surface area contributed by atoms with Gasteiger partial charge in [-0.3, -0.25) is 0 Å². The Balaban J connectivity index is 3.00. The maximum absolute atomic E-state index is 12.1. The summed E-state index contributed by atoms with van der Waals surface area (Å²) in [6.07, 6.45) is 1.16. The van der Waals surface area contributed by atoms with Gasteiger partial charge in [-0.15, -0.1) is 0 Å². The first-order valence-electron chi connectivity index (χ1n) is 2.49. The molecule has 1 aromatic rings. The number of aromatic nitrogens is 1. The Labute approximate surface area is 56.0 Å². The summed E-state index contributed by atoms with van der Waals surface area (Å²) >= 11 is 0. The van der Waals surface area contributed by atoms with Crippen LogP contribution in [0.2, 0.25) is 0 Å². The number of halogens is 1. The zero-order valence-corrected chi connectivity index (χ0v) is 4.90. The summed E-state index contributed by atoms with van der Waals surface area (Å²) in [4.78, 5) is 5.76. The third kappa shape index (κ3) is 1.43. The average molecular weight is 138 g/mol. The van der Waals surface area contributed by atoms with Crippen LogP contribution < -0.4 is 0 Å². The van der Waals surface area contributed by atoms with Gasteiger partial charge < -0.3 is 0 Å². The molecule has 0 fully saturated rings. The van der Waals surface area contributed by atoms with Crippen LogP contribution in [0.1, 0.15) is 0 Å². The minimum Gasteiger partial charge on any atom is -0.228 e. The van der Waals surface area contributed by atoms with Crippen molar-refractivity contribution in [3.63, 3.8) is 0 Å². The monoisotopic (exact) mass is 138 g/mol. The van der Waals surface area contributed by atoms with Crippen LogP contribution in [0, 0.1) is 5.95 Å². The molecule has 0 bridgehead atoms. The lowest BCUT2D eigenvalue weighted by molar-refractivity contribution is 0.584. The third-order valence-corrected chi connectivity index (χ3v) is 0.872. The van der Waals surface area contributed by atoms with E-state index in [1.165, 1.54) is 6.07 Å². The molecule has 50 valence electrons. The lowest BCUT2D eigenvalue weighted by atomic mass is 10.4. The highest BCUT2D eigenvalue weighted by molar-refractivity contribution is 5.31. The van der Waals surface area contributed by atoms with Crippen molar-refractivity contribution < 1.29 is 4.39 Å². The summed E-state index contributed by atoms with van der Waals surface area (Å²) < 4.78 is 12.1. The fourth-order valence-corrected chi connectivity index (χ4v) is 0.479. The standard InChI is InChI=1S/C5H3FN4/c6-5-2-1-4(3-8-5)9-10-7/h1-3H. The molecule has 0 amide bonds. The second-order valence-corrected chi connectivity index (χ2v) is 1.53. The number of pyridine rings is 1. The first kappa shape index (κ1) is 6.51. The number of rotatable bonds is 1. The molecule has 0 aromatic carbocycles. The topological polar surface area (TPSA) is 61.7 Å². The first-order chi connectivity index (χ1) is 4.83. The van der Waals surface area contributed by atoms with Gasteiger partial charge in [-0.2, -0.15) is 4.39 Å². The van der Waals surface area contributed by atoms with Crippen molar-refractivity contribution in [2.75, 3.05) is 0 Å². The molecule has 0 saturated heterocycles. The minimum atomic E-state index is -0.586. The van der Waals surface area contributed by atoms with E-state index in [4.69, 9.17) is 5.53 Å². The van der Waals surface area contributed by atoms with Crippen LogP contribution in [0.3, 0.4) is 0 Å². The van der Waals surface area contributed by atoms with E-state index in [-0.39, 0.29) is 0 Å². The quantitative estimate of drug-likeness (QED) is 0.254. The number of hydrogen-bond acceptors (Lipinski definition) is 2. The van der Waals surface area contributed by atoms with Crippen LogP contribution in [0.25, 0.3) is 10.4 Å². The number of azide groups is 1. The highest BCUT2D eigenvalue weighted by Gasteiger charge is 1.88. The Bertz CT molecular complexity index is 261. The van der Waals surface area contributed by atoms with Gasteiger partial charge in [-0.05, 0) is 17.7 Å². The summed E-state index contributed by atoms with van der Waals surface area (Å²) in [7, 11) is 0. The summed E-state index contributed by atoms with van der Waals surface area (Å²) in [6.45, 7) is 0. The fraction of sp³-hybridized carbons (Fsp3) is 0. The second kappa shape index (κ2) is 2.80. The molecule has 10 heavy (non-hydrogen) atoms. The molecule has 0 aliphatic rings. The highest BCUT2D eigenvalue weighted by Crippen LogP contribution is 2.08. The largest absolute Gasteiger partial charge is 0.228 e. The summed E-state index contributed by atoms with van der Waals surface area (Å²) in [5, 5.41) is 3.20. The normalized spacial score (nSPS) is 8.50. The van der Waals surface area contributed by atoms with Gasteiger partial charge in [0.1, 0.15) is 0 Å².